The summed E-state index contributed by atoms with van der Waals surface area (Å²) in [7, 11) is 0. The summed E-state index contributed by atoms with van der Waals surface area (Å²) in [5.41, 5.74) is 0.905. The largest absolute Gasteiger partial charge is 0.298 e. The van der Waals surface area contributed by atoms with Crippen molar-refractivity contribution in [2.24, 2.45) is 5.92 Å². The van der Waals surface area contributed by atoms with Gasteiger partial charge >= 0.3 is 0 Å². The molecule has 12 heavy (non-hydrogen) atoms. The Labute approximate surface area is 74.9 Å². The van der Waals surface area contributed by atoms with Crippen molar-refractivity contribution in [2.75, 3.05) is 0 Å². The highest BCUT2D eigenvalue weighted by Crippen LogP contribution is 2.24. The van der Waals surface area contributed by atoms with Crippen LogP contribution >= 0.6 is 0 Å². The third-order valence-corrected chi connectivity index (χ3v) is 2.58. The maximum atomic E-state index is 10.4. The molecule has 0 aromatic carbocycles. The lowest BCUT2D eigenvalue weighted by Gasteiger charge is -2.07. The molecule has 68 valence electrons. The predicted octanol–water partition coefficient (Wildman–Crippen LogP) is 3.10. The van der Waals surface area contributed by atoms with E-state index in [1.54, 1.807) is 0 Å². The molecule has 0 heterocycles. The summed E-state index contributed by atoms with van der Waals surface area (Å²) in [6.07, 6.45) is 11.1. The zero-order valence-electron chi connectivity index (χ0n) is 7.88. The van der Waals surface area contributed by atoms with E-state index in [-0.39, 0.29) is 0 Å². The van der Waals surface area contributed by atoms with E-state index in [0.717, 1.165) is 11.9 Å². The third kappa shape index (κ3) is 3.21. The van der Waals surface area contributed by atoms with Gasteiger partial charge in [0.1, 0.15) is 6.29 Å². The first-order valence-electron chi connectivity index (χ1n) is 4.96. The van der Waals surface area contributed by atoms with Gasteiger partial charge in [0.2, 0.25) is 0 Å². The fourth-order valence-corrected chi connectivity index (χ4v) is 1.89. The summed E-state index contributed by atoms with van der Waals surface area (Å²) in [6.45, 7) is 1.90. The second-order valence-electron chi connectivity index (χ2n) is 3.78. The molecule has 1 aliphatic carbocycles. The number of hydrogen-bond donors (Lipinski definition) is 0. The quantitative estimate of drug-likeness (QED) is 0.350. The van der Waals surface area contributed by atoms with Crippen LogP contribution in [0.25, 0.3) is 0 Å². The molecule has 1 nitrogen and oxygen atoms in total. The van der Waals surface area contributed by atoms with Gasteiger partial charge in [-0.3, -0.25) is 4.79 Å². The first-order valence-corrected chi connectivity index (χ1v) is 4.96. The summed E-state index contributed by atoms with van der Waals surface area (Å²) in [5, 5.41) is 0. The molecule has 0 unspecified atom stereocenters. The lowest BCUT2D eigenvalue weighted by Crippen LogP contribution is -1.95. The highest BCUT2D eigenvalue weighted by Gasteiger charge is 2.09. The van der Waals surface area contributed by atoms with E-state index in [9.17, 15) is 4.79 Å². The average molecular weight is 166 g/mol. The van der Waals surface area contributed by atoms with E-state index in [1.807, 2.05) is 6.92 Å². The van der Waals surface area contributed by atoms with Gasteiger partial charge in [-0.15, -0.1) is 0 Å². The van der Waals surface area contributed by atoms with Crippen LogP contribution in [0.2, 0.25) is 0 Å². The normalized spacial score (nSPS) is 21.9. The van der Waals surface area contributed by atoms with Crippen molar-refractivity contribution in [3.63, 3.8) is 0 Å². The fourth-order valence-electron chi connectivity index (χ4n) is 1.89. The maximum Gasteiger partial charge on any atom is 0.145 e. The van der Waals surface area contributed by atoms with Crippen LogP contribution in [0.15, 0.2) is 11.6 Å². The van der Waals surface area contributed by atoms with Gasteiger partial charge in [-0.2, -0.15) is 0 Å². The predicted molar refractivity (Wildman–Crippen MR) is 51.0 cm³/mol. The fraction of sp³-hybridized carbons (Fsp3) is 0.727. The highest BCUT2D eigenvalue weighted by atomic mass is 16.1. The summed E-state index contributed by atoms with van der Waals surface area (Å²) in [6, 6.07) is 0. The van der Waals surface area contributed by atoms with Crippen molar-refractivity contribution in [1.29, 1.82) is 0 Å². The first kappa shape index (κ1) is 9.50. The minimum Gasteiger partial charge on any atom is -0.298 e. The Morgan fingerprint density at radius 1 is 1.17 bits per heavy atom. The molecular formula is C11H18O. The van der Waals surface area contributed by atoms with E-state index in [4.69, 9.17) is 0 Å². The molecule has 0 saturated heterocycles. The molecule has 1 aliphatic rings. The van der Waals surface area contributed by atoms with Gasteiger partial charge in [-0.05, 0) is 31.3 Å². The number of carbonyl (C=O) groups is 1. The van der Waals surface area contributed by atoms with Crippen LogP contribution < -0.4 is 0 Å². The Morgan fingerprint density at radius 2 is 1.75 bits per heavy atom. The molecule has 1 saturated carbocycles. The van der Waals surface area contributed by atoms with E-state index in [0.29, 0.717) is 5.92 Å². The van der Waals surface area contributed by atoms with Gasteiger partial charge in [0, 0.05) is 0 Å². The zero-order valence-corrected chi connectivity index (χ0v) is 7.88. The van der Waals surface area contributed by atoms with Gasteiger partial charge in [-0.25, -0.2) is 0 Å². The number of hydrogen-bond acceptors (Lipinski definition) is 1. The summed E-state index contributed by atoms with van der Waals surface area (Å²) in [4.78, 5) is 10.4. The number of aldehydes is 1. The summed E-state index contributed by atoms with van der Waals surface area (Å²) >= 11 is 0. The maximum absolute atomic E-state index is 10.4. The van der Waals surface area contributed by atoms with Crippen LogP contribution in [0.1, 0.15) is 45.4 Å². The SMILES string of the molecule is C/C(C=O)=C\C1CCCCCC1. The van der Waals surface area contributed by atoms with Crippen LogP contribution in [-0.4, -0.2) is 6.29 Å². The molecule has 0 aromatic rings. The minimum atomic E-state index is 0.678. The topological polar surface area (TPSA) is 17.1 Å². The molecule has 0 amide bonds. The molecule has 0 spiro atoms. The number of carbonyl (C=O) groups excluding carboxylic acids is 1. The van der Waals surface area contributed by atoms with Crippen LogP contribution in [0.5, 0.6) is 0 Å². The number of allylic oxidation sites excluding steroid dienone is 2. The monoisotopic (exact) mass is 166 g/mol. The highest BCUT2D eigenvalue weighted by molar-refractivity contribution is 5.72. The molecule has 1 fully saturated rings. The Morgan fingerprint density at radius 3 is 2.25 bits per heavy atom. The van der Waals surface area contributed by atoms with E-state index in [1.165, 1.54) is 38.5 Å². The molecule has 0 atom stereocenters. The van der Waals surface area contributed by atoms with Crippen molar-refractivity contribution in [2.45, 2.75) is 45.4 Å². The Balaban J connectivity index is 2.43. The lowest BCUT2D eigenvalue weighted by molar-refractivity contribution is -0.104. The lowest BCUT2D eigenvalue weighted by atomic mass is 9.98. The van der Waals surface area contributed by atoms with Gasteiger partial charge in [-0.1, -0.05) is 31.8 Å². The first-order chi connectivity index (χ1) is 5.83. The molecule has 1 heteroatoms. The van der Waals surface area contributed by atoms with E-state index < -0.39 is 0 Å². The van der Waals surface area contributed by atoms with Gasteiger partial charge in [0.25, 0.3) is 0 Å². The van der Waals surface area contributed by atoms with Crippen molar-refractivity contribution >= 4 is 6.29 Å². The zero-order chi connectivity index (χ0) is 8.81. The second-order valence-corrected chi connectivity index (χ2v) is 3.78. The van der Waals surface area contributed by atoms with Crippen molar-refractivity contribution < 1.29 is 4.79 Å². The smallest absolute Gasteiger partial charge is 0.145 e. The molecule has 0 radical (unpaired) electrons. The molecular weight excluding hydrogens is 148 g/mol. The van der Waals surface area contributed by atoms with Crippen molar-refractivity contribution in [1.82, 2.24) is 0 Å². The van der Waals surface area contributed by atoms with Crippen LogP contribution in [-0.2, 0) is 4.79 Å². The average Bonchev–Trinajstić information content (AvgIpc) is 2.33. The summed E-state index contributed by atoms with van der Waals surface area (Å²) in [5.74, 6) is 0.678. The molecule has 0 aromatic heterocycles. The number of rotatable bonds is 2. The molecule has 0 bridgehead atoms. The van der Waals surface area contributed by atoms with Gasteiger partial charge in [0.05, 0.1) is 0 Å². The van der Waals surface area contributed by atoms with Crippen LogP contribution in [0, 0.1) is 5.92 Å². The third-order valence-electron chi connectivity index (χ3n) is 2.58. The molecule has 1 rings (SSSR count). The van der Waals surface area contributed by atoms with Crippen LogP contribution in [0.4, 0.5) is 0 Å². The Bertz CT molecular complexity index is 162. The van der Waals surface area contributed by atoms with E-state index in [2.05, 4.69) is 6.08 Å². The van der Waals surface area contributed by atoms with E-state index >= 15 is 0 Å². The van der Waals surface area contributed by atoms with Crippen molar-refractivity contribution in [3.05, 3.63) is 11.6 Å². The second kappa shape index (κ2) is 5.13. The Hall–Kier alpha value is -0.590. The molecule has 0 aliphatic heterocycles. The van der Waals surface area contributed by atoms with Crippen LogP contribution in [0.3, 0.4) is 0 Å². The van der Waals surface area contributed by atoms with Gasteiger partial charge in [0.15, 0.2) is 0 Å². The summed E-state index contributed by atoms with van der Waals surface area (Å²) < 4.78 is 0. The minimum absolute atomic E-state index is 0.678. The standard InChI is InChI=1S/C11H18O/c1-10(9-12)8-11-6-4-2-3-5-7-11/h8-9,11H,2-7H2,1H3/b10-8+. The van der Waals surface area contributed by atoms with Crippen molar-refractivity contribution in [3.8, 4) is 0 Å². The van der Waals surface area contributed by atoms with Gasteiger partial charge < -0.3 is 0 Å². The molecule has 0 N–H and O–H groups in total. The Kier molecular flexibility index (Phi) is 4.06.